The van der Waals surface area contributed by atoms with Gasteiger partial charge in [0.2, 0.25) is 5.91 Å². The Labute approximate surface area is 179 Å². The van der Waals surface area contributed by atoms with Crippen molar-refractivity contribution in [2.45, 2.75) is 11.8 Å². The fourth-order valence-electron chi connectivity index (χ4n) is 3.96. The third kappa shape index (κ3) is 3.46. The van der Waals surface area contributed by atoms with E-state index in [0.717, 1.165) is 0 Å². The molecule has 6 nitrogen and oxygen atoms in total. The number of ether oxygens (including phenoxy) is 2. The number of amides is 1. The number of methoxy groups -OCH3 is 2. The zero-order valence-electron chi connectivity index (χ0n) is 17.2. The molecule has 1 aliphatic rings. The molecule has 1 aliphatic carbocycles. The summed E-state index contributed by atoms with van der Waals surface area (Å²) < 4.78 is 10.3. The summed E-state index contributed by atoms with van der Waals surface area (Å²) in [6, 6.07) is 20.2. The largest absolute Gasteiger partial charge is 0.497 e. The molecule has 0 aromatic heterocycles. The lowest BCUT2D eigenvalue weighted by atomic mass is 9.73. The van der Waals surface area contributed by atoms with Crippen LogP contribution >= 0.6 is 0 Å². The summed E-state index contributed by atoms with van der Waals surface area (Å²) in [6.45, 7) is 0. The Bertz CT molecular complexity index is 1110. The van der Waals surface area contributed by atoms with Crippen LogP contribution in [-0.4, -0.2) is 31.7 Å². The average molecular weight is 415 g/mol. The Balaban J connectivity index is 1.72. The van der Waals surface area contributed by atoms with E-state index in [1.807, 2.05) is 0 Å². The summed E-state index contributed by atoms with van der Waals surface area (Å²) in [4.78, 5) is 40.0. The fourth-order valence-corrected chi connectivity index (χ4v) is 3.96. The van der Waals surface area contributed by atoms with Gasteiger partial charge in [0.1, 0.15) is 16.9 Å². The van der Waals surface area contributed by atoms with Gasteiger partial charge in [-0.25, -0.2) is 0 Å². The molecule has 1 N–H and O–H groups in total. The van der Waals surface area contributed by atoms with E-state index < -0.39 is 11.3 Å². The van der Waals surface area contributed by atoms with Crippen LogP contribution in [0, 0.1) is 0 Å². The number of carbonyl (C=O) groups is 3. The first-order valence-electron chi connectivity index (χ1n) is 9.76. The molecule has 1 amide bonds. The zero-order chi connectivity index (χ0) is 22.0. The van der Waals surface area contributed by atoms with Crippen molar-refractivity contribution in [1.29, 1.82) is 0 Å². The molecule has 0 radical (unpaired) electrons. The third-order valence-corrected chi connectivity index (χ3v) is 5.57. The zero-order valence-corrected chi connectivity index (χ0v) is 17.2. The predicted molar refractivity (Wildman–Crippen MR) is 116 cm³/mol. The van der Waals surface area contributed by atoms with Gasteiger partial charge in [-0.3, -0.25) is 14.4 Å². The Morgan fingerprint density at radius 1 is 0.774 bits per heavy atom. The first kappa shape index (κ1) is 20.3. The molecule has 0 saturated carbocycles. The molecular formula is C25H21NO5. The summed E-state index contributed by atoms with van der Waals surface area (Å²) in [7, 11) is 3.09. The minimum Gasteiger partial charge on any atom is -0.497 e. The lowest BCUT2D eigenvalue weighted by molar-refractivity contribution is -0.116. The highest BCUT2D eigenvalue weighted by atomic mass is 16.5. The molecule has 0 spiro atoms. The quantitative estimate of drug-likeness (QED) is 0.615. The molecule has 3 aromatic rings. The van der Waals surface area contributed by atoms with E-state index in [9.17, 15) is 14.4 Å². The second-order valence-electron chi connectivity index (χ2n) is 7.29. The fraction of sp³-hybridized carbons (Fsp3) is 0.160. The van der Waals surface area contributed by atoms with Gasteiger partial charge in [-0.05, 0) is 42.0 Å². The van der Waals surface area contributed by atoms with Crippen molar-refractivity contribution in [3.63, 3.8) is 0 Å². The van der Waals surface area contributed by atoms with Crippen LogP contribution in [0.5, 0.6) is 11.5 Å². The first-order valence-corrected chi connectivity index (χ1v) is 9.76. The van der Waals surface area contributed by atoms with E-state index in [0.29, 0.717) is 33.9 Å². The number of nitrogens with one attached hydrogen (secondary N) is 1. The molecule has 0 heterocycles. The number of benzene rings is 3. The van der Waals surface area contributed by atoms with Crippen molar-refractivity contribution >= 4 is 23.2 Å². The van der Waals surface area contributed by atoms with Crippen LogP contribution in [-0.2, 0) is 10.2 Å². The van der Waals surface area contributed by atoms with E-state index in [1.54, 1.807) is 79.9 Å². The van der Waals surface area contributed by atoms with Crippen LogP contribution in [0.1, 0.15) is 32.7 Å². The number of rotatable bonds is 6. The summed E-state index contributed by atoms with van der Waals surface area (Å²) >= 11 is 0. The molecule has 31 heavy (non-hydrogen) atoms. The highest BCUT2D eigenvalue weighted by molar-refractivity contribution is 6.34. The Hall–Kier alpha value is -3.93. The molecule has 0 saturated heterocycles. The van der Waals surface area contributed by atoms with Gasteiger partial charge in [-0.2, -0.15) is 0 Å². The molecule has 0 aliphatic heterocycles. The maximum Gasteiger partial charge on any atom is 0.226 e. The summed E-state index contributed by atoms with van der Waals surface area (Å²) in [6.07, 6.45) is -0.308. The monoisotopic (exact) mass is 415 g/mol. The standard InChI is InChI=1S/C25H21NO5/c1-30-18-11-7-16(8-12-18)25(23(28)20-5-3-4-6-21(20)24(25)29)15-22(27)26-17-9-13-19(31-2)14-10-17/h3-14H,15H2,1-2H3,(H,26,27). The van der Waals surface area contributed by atoms with Crippen molar-refractivity contribution in [3.8, 4) is 11.5 Å². The van der Waals surface area contributed by atoms with Crippen LogP contribution in [0.25, 0.3) is 0 Å². The molecule has 4 rings (SSSR count). The lowest BCUT2D eigenvalue weighted by Crippen LogP contribution is -2.41. The molecule has 6 heteroatoms. The summed E-state index contributed by atoms with van der Waals surface area (Å²) in [5, 5.41) is 2.78. The molecule has 3 aromatic carbocycles. The summed E-state index contributed by atoms with van der Waals surface area (Å²) in [5.41, 5.74) is 0.0589. The highest BCUT2D eigenvalue weighted by Crippen LogP contribution is 2.43. The highest BCUT2D eigenvalue weighted by Gasteiger charge is 2.55. The molecule has 0 atom stereocenters. The second-order valence-corrected chi connectivity index (χ2v) is 7.29. The van der Waals surface area contributed by atoms with Gasteiger partial charge in [0.15, 0.2) is 11.6 Å². The van der Waals surface area contributed by atoms with E-state index in [4.69, 9.17) is 9.47 Å². The van der Waals surface area contributed by atoms with Crippen LogP contribution in [0.15, 0.2) is 72.8 Å². The number of fused-ring (bicyclic) bond motifs is 1. The van der Waals surface area contributed by atoms with Crippen molar-refractivity contribution < 1.29 is 23.9 Å². The SMILES string of the molecule is COc1ccc(NC(=O)CC2(c3ccc(OC)cc3)C(=O)c3ccccc3C2=O)cc1. The van der Waals surface area contributed by atoms with Crippen LogP contribution in [0.3, 0.4) is 0 Å². The average Bonchev–Trinajstić information content (AvgIpc) is 3.02. The van der Waals surface area contributed by atoms with Gasteiger partial charge in [0.05, 0.1) is 20.6 Å². The van der Waals surface area contributed by atoms with Crippen molar-refractivity contribution in [2.75, 3.05) is 19.5 Å². The van der Waals surface area contributed by atoms with Gasteiger partial charge in [-0.1, -0.05) is 36.4 Å². The lowest BCUT2D eigenvalue weighted by Gasteiger charge is -2.26. The number of hydrogen-bond acceptors (Lipinski definition) is 5. The Morgan fingerprint density at radius 3 is 1.74 bits per heavy atom. The Kier molecular flexibility index (Phi) is 5.29. The van der Waals surface area contributed by atoms with Gasteiger partial charge in [-0.15, -0.1) is 0 Å². The van der Waals surface area contributed by atoms with Gasteiger partial charge in [0.25, 0.3) is 0 Å². The summed E-state index contributed by atoms with van der Waals surface area (Å²) in [5.74, 6) is 0.0723. The first-order chi connectivity index (χ1) is 15.0. The maximum absolute atomic E-state index is 13.5. The normalized spacial score (nSPS) is 14.1. The van der Waals surface area contributed by atoms with Crippen molar-refractivity contribution in [2.24, 2.45) is 0 Å². The minimum absolute atomic E-state index is 0.308. The topological polar surface area (TPSA) is 81.7 Å². The van der Waals surface area contributed by atoms with E-state index >= 15 is 0 Å². The second kappa shape index (κ2) is 8.07. The number of anilines is 1. The van der Waals surface area contributed by atoms with E-state index in [2.05, 4.69) is 5.32 Å². The van der Waals surface area contributed by atoms with Crippen LogP contribution in [0.4, 0.5) is 5.69 Å². The number of Topliss-reactive ketones (excluding diaryl/α,β-unsaturated/α-hetero) is 2. The van der Waals surface area contributed by atoms with E-state index in [-0.39, 0.29) is 18.0 Å². The van der Waals surface area contributed by atoms with Crippen LogP contribution in [0.2, 0.25) is 0 Å². The van der Waals surface area contributed by atoms with Crippen molar-refractivity contribution in [3.05, 3.63) is 89.5 Å². The number of ketones is 2. The molecule has 0 unspecified atom stereocenters. The Morgan fingerprint density at radius 2 is 1.26 bits per heavy atom. The van der Waals surface area contributed by atoms with Gasteiger partial charge in [0, 0.05) is 16.8 Å². The number of carbonyl (C=O) groups excluding carboxylic acids is 3. The molecule has 156 valence electrons. The molecule has 0 fully saturated rings. The molecule has 0 bridgehead atoms. The molecular weight excluding hydrogens is 394 g/mol. The van der Waals surface area contributed by atoms with E-state index in [1.165, 1.54) is 7.11 Å². The predicted octanol–water partition coefficient (Wildman–Crippen LogP) is 4.05. The smallest absolute Gasteiger partial charge is 0.226 e. The minimum atomic E-state index is -1.62. The maximum atomic E-state index is 13.5. The van der Waals surface area contributed by atoms with Crippen molar-refractivity contribution in [1.82, 2.24) is 0 Å². The van der Waals surface area contributed by atoms with Gasteiger partial charge >= 0.3 is 0 Å². The number of hydrogen-bond donors (Lipinski definition) is 1. The van der Waals surface area contributed by atoms with Crippen LogP contribution < -0.4 is 14.8 Å². The third-order valence-electron chi connectivity index (χ3n) is 5.57. The van der Waals surface area contributed by atoms with Gasteiger partial charge < -0.3 is 14.8 Å².